The summed E-state index contributed by atoms with van der Waals surface area (Å²) in [7, 11) is 0. The number of ether oxygens (including phenoxy) is 1. The minimum atomic E-state index is -0.873. The van der Waals surface area contributed by atoms with Gasteiger partial charge in [-0.1, -0.05) is 48.5 Å². The zero-order valence-corrected chi connectivity index (χ0v) is 19.5. The van der Waals surface area contributed by atoms with Gasteiger partial charge in [-0.15, -0.1) is 0 Å². The fourth-order valence-electron chi connectivity index (χ4n) is 6.55. The Morgan fingerprint density at radius 3 is 2.23 bits per heavy atom. The van der Waals surface area contributed by atoms with Crippen molar-refractivity contribution >= 4 is 18.0 Å². The Labute approximate surface area is 204 Å². The van der Waals surface area contributed by atoms with Gasteiger partial charge in [-0.3, -0.25) is 9.59 Å². The number of amides is 2. The Morgan fingerprint density at radius 1 is 0.943 bits per heavy atom. The summed E-state index contributed by atoms with van der Waals surface area (Å²) in [6.07, 6.45) is 3.45. The lowest BCUT2D eigenvalue weighted by Gasteiger charge is -2.40. The van der Waals surface area contributed by atoms with Gasteiger partial charge in [0, 0.05) is 17.9 Å². The fourth-order valence-corrected chi connectivity index (χ4v) is 6.55. The highest BCUT2D eigenvalue weighted by atomic mass is 16.5. The van der Waals surface area contributed by atoms with Gasteiger partial charge in [-0.2, -0.15) is 0 Å². The second-order valence-corrected chi connectivity index (χ2v) is 10.7. The summed E-state index contributed by atoms with van der Waals surface area (Å²) in [5, 5.41) is 15.1. The summed E-state index contributed by atoms with van der Waals surface area (Å²) in [5.74, 6) is -0.271. The molecule has 0 aliphatic heterocycles. The summed E-state index contributed by atoms with van der Waals surface area (Å²) in [5.41, 5.74) is 4.23. The van der Waals surface area contributed by atoms with E-state index in [1.165, 1.54) is 22.3 Å². The average Bonchev–Trinajstić information content (AvgIpc) is 3.36. The molecule has 0 aromatic heterocycles. The van der Waals surface area contributed by atoms with E-state index in [-0.39, 0.29) is 42.7 Å². The van der Waals surface area contributed by atoms with Crippen molar-refractivity contribution in [3.8, 4) is 11.1 Å². The lowest BCUT2D eigenvalue weighted by Crippen LogP contribution is -2.50. The normalized spacial score (nSPS) is 27.1. The molecule has 4 aliphatic rings. The van der Waals surface area contributed by atoms with Gasteiger partial charge in [0.25, 0.3) is 0 Å². The predicted molar refractivity (Wildman–Crippen MR) is 129 cm³/mol. The van der Waals surface area contributed by atoms with Crippen LogP contribution in [0.25, 0.3) is 11.1 Å². The SMILES string of the molecule is O=C(O)CC1(NC(=O)C2CC3CC(NC(=O)OCC4c5ccccc5-c5ccccc54)C3C2)CC1. The number of hydrogen-bond donors (Lipinski definition) is 3. The van der Waals surface area contributed by atoms with Crippen LogP contribution in [0, 0.1) is 17.8 Å². The molecule has 7 heteroatoms. The fraction of sp³-hybridized carbons (Fsp3) is 0.464. The van der Waals surface area contributed by atoms with Crippen LogP contribution in [0.4, 0.5) is 4.79 Å². The number of carboxylic acids is 1. The summed E-state index contributed by atoms with van der Waals surface area (Å²) in [6.45, 7) is 0.289. The molecule has 2 amide bonds. The molecule has 4 unspecified atom stereocenters. The average molecular weight is 475 g/mol. The molecule has 0 saturated heterocycles. The Morgan fingerprint density at radius 2 is 1.60 bits per heavy atom. The monoisotopic (exact) mass is 474 g/mol. The number of alkyl carbamates (subject to hydrolysis) is 1. The quantitative estimate of drug-likeness (QED) is 0.561. The highest BCUT2D eigenvalue weighted by Gasteiger charge is 2.52. The van der Waals surface area contributed by atoms with Crippen LogP contribution in [0.1, 0.15) is 55.6 Å². The maximum atomic E-state index is 12.8. The van der Waals surface area contributed by atoms with Gasteiger partial charge in [0.15, 0.2) is 0 Å². The molecule has 0 heterocycles. The molecule has 3 fully saturated rings. The lowest BCUT2D eigenvalue weighted by atomic mass is 9.71. The number of nitrogens with one attached hydrogen (secondary N) is 2. The second kappa shape index (κ2) is 8.40. The Kier molecular flexibility index (Phi) is 5.31. The van der Waals surface area contributed by atoms with Crippen LogP contribution < -0.4 is 10.6 Å². The molecule has 35 heavy (non-hydrogen) atoms. The number of aliphatic carboxylic acids is 1. The lowest BCUT2D eigenvalue weighted by molar-refractivity contribution is -0.138. The maximum Gasteiger partial charge on any atom is 0.407 e. The van der Waals surface area contributed by atoms with E-state index in [0.29, 0.717) is 5.92 Å². The van der Waals surface area contributed by atoms with Crippen molar-refractivity contribution in [3.63, 3.8) is 0 Å². The Bertz CT molecular complexity index is 1140. The van der Waals surface area contributed by atoms with Crippen molar-refractivity contribution in [1.29, 1.82) is 0 Å². The molecular formula is C28H30N2O5. The van der Waals surface area contributed by atoms with Gasteiger partial charge in [0.05, 0.1) is 12.0 Å². The molecule has 0 bridgehead atoms. The van der Waals surface area contributed by atoms with Crippen LogP contribution in [0.2, 0.25) is 0 Å². The number of carbonyl (C=O) groups excluding carboxylic acids is 2. The number of rotatable bonds is 7. The predicted octanol–water partition coefficient (Wildman–Crippen LogP) is 4.06. The molecule has 182 valence electrons. The first-order valence-electron chi connectivity index (χ1n) is 12.6. The van der Waals surface area contributed by atoms with Crippen molar-refractivity contribution < 1.29 is 24.2 Å². The summed E-state index contributed by atoms with van der Waals surface area (Å²) < 4.78 is 5.69. The minimum Gasteiger partial charge on any atom is -0.481 e. The highest BCUT2D eigenvalue weighted by Crippen LogP contribution is 2.50. The molecular weight excluding hydrogens is 444 g/mol. The van der Waals surface area contributed by atoms with Crippen molar-refractivity contribution in [3.05, 3.63) is 59.7 Å². The van der Waals surface area contributed by atoms with E-state index in [2.05, 4.69) is 34.9 Å². The van der Waals surface area contributed by atoms with E-state index >= 15 is 0 Å². The maximum absolute atomic E-state index is 12.8. The second-order valence-electron chi connectivity index (χ2n) is 10.7. The zero-order valence-electron chi connectivity index (χ0n) is 19.5. The molecule has 4 aliphatic carbocycles. The van der Waals surface area contributed by atoms with Gasteiger partial charge >= 0.3 is 12.1 Å². The van der Waals surface area contributed by atoms with Gasteiger partial charge in [0.2, 0.25) is 5.91 Å². The first-order chi connectivity index (χ1) is 16.9. The molecule has 0 radical (unpaired) electrons. The third-order valence-corrected chi connectivity index (χ3v) is 8.57. The van der Waals surface area contributed by atoms with Crippen LogP contribution in [0.3, 0.4) is 0 Å². The largest absolute Gasteiger partial charge is 0.481 e. The van der Waals surface area contributed by atoms with E-state index in [1.807, 2.05) is 24.3 Å². The van der Waals surface area contributed by atoms with E-state index in [1.54, 1.807) is 0 Å². The number of benzene rings is 2. The molecule has 7 nitrogen and oxygen atoms in total. The van der Waals surface area contributed by atoms with Crippen molar-refractivity contribution in [1.82, 2.24) is 10.6 Å². The van der Waals surface area contributed by atoms with E-state index in [4.69, 9.17) is 9.84 Å². The summed E-state index contributed by atoms with van der Waals surface area (Å²) >= 11 is 0. The van der Waals surface area contributed by atoms with Crippen LogP contribution >= 0.6 is 0 Å². The van der Waals surface area contributed by atoms with Crippen molar-refractivity contribution in [2.45, 2.75) is 56.0 Å². The van der Waals surface area contributed by atoms with Gasteiger partial charge in [0.1, 0.15) is 6.61 Å². The molecule has 4 atom stereocenters. The van der Waals surface area contributed by atoms with E-state index < -0.39 is 17.6 Å². The number of fused-ring (bicyclic) bond motifs is 4. The smallest absolute Gasteiger partial charge is 0.407 e. The third-order valence-electron chi connectivity index (χ3n) is 8.57. The Balaban J connectivity index is 1.01. The molecule has 2 aromatic carbocycles. The van der Waals surface area contributed by atoms with Crippen LogP contribution in [-0.2, 0) is 14.3 Å². The van der Waals surface area contributed by atoms with Gasteiger partial charge < -0.3 is 20.5 Å². The van der Waals surface area contributed by atoms with Crippen molar-refractivity contribution in [2.24, 2.45) is 17.8 Å². The van der Waals surface area contributed by atoms with E-state index in [9.17, 15) is 14.4 Å². The van der Waals surface area contributed by atoms with E-state index in [0.717, 1.165) is 32.1 Å². The van der Waals surface area contributed by atoms with Crippen molar-refractivity contribution in [2.75, 3.05) is 6.61 Å². The van der Waals surface area contributed by atoms with Crippen LogP contribution in [0.15, 0.2) is 48.5 Å². The standard InChI is InChI=1S/C28H30N2O5/c31-25(32)14-28(9-10-28)30-26(33)17-11-16-13-24(22(16)12-17)29-27(34)35-15-23-20-7-3-1-5-18(20)19-6-2-4-8-21(19)23/h1-8,16-17,22-24H,9-15H2,(H,29,34)(H,30,33)(H,31,32). The molecule has 3 saturated carbocycles. The van der Waals surface area contributed by atoms with Crippen LogP contribution in [-0.4, -0.2) is 41.3 Å². The molecule has 6 rings (SSSR count). The molecule has 0 spiro atoms. The van der Waals surface area contributed by atoms with Gasteiger partial charge in [-0.25, -0.2) is 4.79 Å². The number of carbonyl (C=O) groups is 3. The summed E-state index contributed by atoms with van der Waals surface area (Å²) in [6, 6.07) is 16.6. The molecule has 2 aromatic rings. The molecule has 3 N–H and O–H groups in total. The number of carboxylic acid groups (broad SMARTS) is 1. The van der Waals surface area contributed by atoms with Gasteiger partial charge in [-0.05, 0) is 66.2 Å². The minimum absolute atomic E-state index is 0.00964. The third kappa shape index (κ3) is 4.07. The van der Waals surface area contributed by atoms with Crippen LogP contribution in [0.5, 0.6) is 0 Å². The Hall–Kier alpha value is -3.35. The zero-order chi connectivity index (χ0) is 24.2. The number of hydrogen-bond acceptors (Lipinski definition) is 4. The summed E-state index contributed by atoms with van der Waals surface area (Å²) in [4.78, 5) is 36.5. The highest BCUT2D eigenvalue weighted by molar-refractivity contribution is 5.82. The topological polar surface area (TPSA) is 105 Å². The first-order valence-corrected chi connectivity index (χ1v) is 12.6. The first kappa shape index (κ1) is 22.1.